The molecule has 178 valence electrons. The van der Waals surface area contributed by atoms with E-state index in [0.717, 1.165) is 5.56 Å². The summed E-state index contributed by atoms with van der Waals surface area (Å²) in [5.41, 5.74) is 9.04. The molecule has 2 aromatic carbocycles. The molecule has 0 bridgehead atoms. The van der Waals surface area contributed by atoms with Crippen LogP contribution in [0.3, 0.4) is 0 Å². The second-order valence-electron chi connectivity index (χ2n) is 8.82. The van der Waals surface area contributed by atoms with Crippen molar-refractivity contribution < 1.29 is 14.3 Å². The van der Waals surface area contributed by atoms with Gasteiger partial charge in [0.25, 0.3) is 0 Å². The van der Waals surface area contributed by atoms with Crippen LogP contribution in [0.1, 0.15) is 29.3 Å². The number of hydrogen-bond donors (Lipinski definition) is 3. The van der Waals surface area contributed by atoms with Crippen LogP contribution in [0, 0.1) is 5.82 Å². The Morgan fingerprint density at radius 1 is 1.08 bits per heavy atom. The zero-order valence-electron chi connectivity index (χ0n) is 19.1. The number of anilines is 2. The summed E-state index contributed by atoms with van der Waals surface area (Å²) >= 11 is 0. The van der Waals surface area contributed by atoms with E-state index in [0.29, 0.717) is 40.4 Å². The standard InChI is InChI=1S/C26H20FN7O2/c1-26(15-4-8-17(35)9-5-15)20-21(28)31-22(32-23(20)33-25(26)36)19-13-34-11-10-29-24(34)18(30-19)12-14-2-6-16(27)7-3-14/h2-11,13,35H,12H2,1H3,(H3,28,31,32,33,36)/t26-/m1/s1. The number of nitrogens with zero attached hydrogens (tertiary/aromatic N) is 5. The molecule has 1 aliphatic heterocycles. The average Bonchev–Trinajstić information content (AvgIpc) is 3.44. The van der Waals surface area contributed by atoms with E-state index in [9.17, 15) is 14.3 Å². The van der Waals surface area contributed by atoms with E-state index < -0.39 is 5.41 Å². The number of carbonyl (C=O) groups excluding carboxylic acids is 1. The normalized spacial score (nSPS) is 16.8. The molecular weight excluding hydrogens is 461 g/mol. The van der Waals surface area contributed by atoms with Crippen molar-refractivity contribution in [2.45, 2.75) is 18.8 Å². The summed E-state index contributed by atoms with van der Waals surface area (Å²) in [5.74, 6) is 0.198. The Balaban J connectivity index is 1.45. The number of phenols is 1. The molecule has 0 spiro atoms. The molecule has 0 saturated carbocycles. The van der Waals surface area contributed by atoms with Crippen LogP contribution in [0.4, 0.5) is 16.0 Å². The van der Waals surface area contributed by atoms with E-state index in [-0.39, 0.29) is 29.1 Å². The van der Waals surface area contributed by atoms with E-state index in [1.165, 1.54) is 24.3 Å². The second kappa shape index (κ2) is 7.84. The molecule has 3 aromatic heterocycles. The van der Waals surface area contributed by atoms with Gasteiger partial charge in [0.05, 0.1) is 11.3 Å². The minimum Gasteiger partial charge on any atom is -0.508 e. The SMILES string of the molecule is C[C@]1(c2ccc(O)cc2)C(=O)Nc2nc(-c3cn4ccnc4c(Cc4ccc(F)cc4)n3)nc(N)c21. The molecule has 1 aliphatic rings. The average molecular weight is 481 g/mol. The first-order valence-electron chi connectivity index (χ1n) is 11.2. The summed E-state index contributed by atoms with van der Waals surface area (Å²) in [7, 11) is 0. The third-order valence-electron chi connectivity index (χ3n) is 6.53. The van der Waals surface area contributed by atoms with Gasteiger partial charge in [-0.15, -0.1) is 0 Å². The minimum atomic E-state index is -1.12. The number of amides is 1. The van der Waals surface area contributed by atoms with Gasteiger partial charge in [0.1, 0.15) is 34.3 Å². The van der Waals surface area contributed by atoms with Gasteiger partial charge in [-0.05, 0) is 42.3 Å². The second-order valence-corrected chi connectivity index (χ2v) is 8.82. The maximum Gasteiger partial charge on any atom is 0.240 e. The molecule has 9 nitrogen and oxygen atoms in total. The lowest BCUT2D eigenvalue weighted by Gasteiger charge is -2.23. The smallest absolute Gasteiger partial charge is 0.240 e. The predicted molar refractivity (Wildman–Crippen MR) is 131 cm³/mol. The Bertz CT molecular complexity index is 1650. The van der Waals surface area contributed by atoms with Gasteiger partial charge in [-0.2, -0.15) is 0 Å². The van der Waals surface area contributed by atoms with E-state index in [1.54, 1.807) is 49.8 Å². The number of nitrogens with two attached hydrogens (primary N) is 1. The van der Waals surface area contributed by atoms with E-state index in [4.69, 9.17) is 10.7 Å². The number of phenolic OH excluding ortho intramolecular Hbond substituents is 1. The van der Waals surface area contributed by atoms with E-state index in [1.807, 2.05) is 4.40 Å². The zero-order valence-corrected chi connectivity index (χ0v) is 19.1. The number of benzene rings is 2. The van der Waals surface area contributed by atoms with E-state index >= 15 is 0 Å². The van der Waals surface area contributed by atoms with E-state index in [2.05, 4.69) is 20.3 Å². The number of halogens is 1. The fourth-order valence-electron chi connectivity index (χ4n) is 4.61. The topological polar surface area (TPSA) is 131 Å². The van der Waals surface area contributed by atoms with Crippen LogP contribution in [-0.4, -0.2) is 35.4 Å². The fourth-order valence-corrected chi connectivity index (χ4v) is 4.61. The highest BCUT2D eigenvalue weighted by Crippen LogP contribution is 2.45. The predicted octanol–water partition coefficient (Wildman–Crippen LogP) is 3.46. The van der Waals surface area contributed by atoms with Crippen LogP contribution in [0.15, 0.2) is 67.1 Å². The van der Waals surface area contributed by atoms with Crippen molar-refractivity contribution in [1.29, 1.82) is 0 Å². The lowest BCUT2D eigenvalue weighted by atomic mass is 9.78. The number of nitrogens with one attached hydrogen (secondary N) is 1. The monoisotopic (exact) mass is 481 g/mol. The van der Waals surface area contributed by atoms with Gasteiger partial charge in [0.2, 0.25) is 5.91 Å². The largest absolute Gasteiger partial charge is 0.508 e. The highest BCUT2D eigenvalue weighted by atomic mass is 19.1. The van der Waals surface area contributed by atoms with Gasteiger partial charge in [-0.1, -0.05) is 24.3 Å². The molecule has 1 amide bonds. The van der Waals surface area contributed by atoms with Gasteiger partial charge >= 0.3 is 0 Å². The highest BCUT2D eigenvalue weighted by molar-refractivity contribution is 6.09. The number of imidazole rings is 1. The van der Waals surface area contributed by atoms with Crippen LogP contribution >= 0.6 is 0 Å². The number of hydrogen-bond acceptors (Lipinski definition) is 7. The summed E-state index contributed by atoms with van der Waals surface area (Å²) in [4.78, 5) is 31.4. The van der Waals surface area contributed by atoms with Crippen LogP contribution in [0.5, 0.6) is 5.75 Å². The molecule has 0 radical (unpaired) electrons. The molecule has 4 N–H and O–H groups in total. The lowest BCUT2D eigenvalue weighted by Crippen LogP contribution is -2.32. The van der Waals surface area contributed by atoms with Crippen molar-refractivity contribution in [2.24, 2.45) is 0 Å². The Hall–Kier alpha value is -4.86. The minimum absolute atomic E-state index is 0.0953. The highest BCUT2D eigenvalue weighted by Gasteiger charge is 2.47. The van der Waals surface area contributed by atoms with Crippen LogP contribution in [0.2, 0.25) is 0 Å². The number of nitrogen functional groups attached to an aromatic ring is 1. The van der Waals surface area contributed by atoms with Crippen molar-refractivity contribution in [3.05, 3.63) is 95.3 Å². The molecule has 0 unspecified atom stereocenters. The maximum atomic E-state index is 13.4. The molecule has 0 aliphatic carbocycles. The molecule has 0 saturated heterocycles. The van der Waals surface area contributed by atoms with Crippen LogP contribution < -0.4 is 11.1 Å². The summed E-state index contributed by atoms with van der Waals surface area (Å²) in [6.07, 6.45) is 5.61. The van der Waals surface area contributed by atoms with Gasteiger partial charge in [0, 0.05) is 25.0 Å². The summed E-state index contributed by atoms with van der Waals surface area (Å²) in [6, 6.07) is 12.6. The van der Waals surface area contributed by atoms with Crippen molar-refractivity contribution >= 4 is 23.2 Å². The van der Waals surface area contributed by atoms with Gasteiger partial charge in [0.15, 0.2) is 11.5 Å². The quantitative estimate of drug-likeness (QED) is 0.358. The molecule has 0 fully saturated rings. The third kappa shape index (κ3) is 3.34. The van der Waals surface area contributed by atoms with Gasteiger partial charge in [-0.3, -0.25) is 4.79 Å². The first-order chi connectivity index (χ1) is 17.3. The Morgan fingerprint density at radius 3 is 2.58 bits per heavy atom. The Labute approximate surface area is 204 Å². The van der Waals surface area contributed by atoms with Crippen molar-refractivity contribution in [3.63, 3.8) is 0 Å². The lowest BCUT2D eigenvalue weighted by molar-refractivity contribution is -0.119. The molecular formula is C26H20FN7O2. The van der Waals surface area contributed by atoms with Crippen LogP contribution in [0.25, 0.3) is 17.2 Å². The van der Waals surface area contributed by atoms with Crippen LogP contribution in [-0.2, 0) is 16.6 Å². The Morgan fingerprint density at radius 2 is 1.83 bits per heavy atom. The molecule has 5 aromatic rings. The molecule has 36 heavy (non-hydrogen) atoms. The van der Waals surface area contributed by atoms with Gasteiger partial charge in [-0.25, -0.2) is 24.3 Å². The van der Waals surface area contributed by atoms with Crippen molar-refractivity contribution in [1.82, 2.24) is 24.3 Å². The number of rotatable bonds is 4. The number of aromatic nitrogens is 5. The maximum absolute atomic E-state index is 13.4. The van der Waals surface area contributed by atoms with Crippen molar-refractivity contribution in [3.8, 4) is 17.3 Å². The molecule has 6 rings (SSSR count). The fraction of sp³-hybridized carbons (Fsp3) is 0.115. The summed E-state index contributed by atoms with van der Waals surface area (Å²) in [6.45, 7) is 1.75. The number of fused-ring (bicyclic) bond motifs is 2. The zero-order chi connectivity index (χ0) is 25.0. The van der Waals surface area contributed by atoms with Gasteiger partial charge < -0.3 is 20.6 Å². The number of aromatic hydroxyl groups is 1. The Kier molecular flexibility index (Phi) is 4.72. The third-order valence-corrected chi connectivity index (χ3v) is 6.53. The molecule has 10 heteroatoms. The summed E-state index contributed by atoms with van der Waals surface area (Å²) in [5, 5.41) is 12.5. The summed E-state index contributed by atoms with van der Waals surface area (Å²) < 4.78 is 15.2. The molecule has 4 heterocycles. The first-order valence-corrected chi connectivity index (χ1v) is 11.2. The van der Waals surface area contributed by atoms with Crippen molar-refractivity contribution in [2.75, 3.05) is 11.1 Å². The first kappa shape index (κ1) is 21.7. The number of carbonyl (C=O) groups is 1. The molecule has 1 atom stereocenters.